The second-order valence-electron chi connectivity index (χ2n) is 8.18. The van der Waals surface area contributed by atoms with Crippen LogP contribution < -0.4 is 5.32 Å². The van der Waals surface area contributed by atoms with Crippen molar-refractivity contribution in [1.29, 1.82) is 0 Å². The van der Waals surface area contributed by atoms with E-state index in [2.05, 4.69) is 20.3 Å². The van der Waals surface area contributed by atoms with Gasteiger partial charge in [-0.3, -0.25) is 9.00 Å². The number of halogens is 2. The lowest BCUT2D eigenvalue weighted by Gasteiger charge is -2.12. The van der Waals surface area contributed by atoms with Crippen molar-refractivity contribution >= 4 is 49.4 Å². The maximum Gasteiger partial charge on any atom is 0.269 e. The molecule has 1 amide bonds. The van der Waals surface area contributed by atoms with Crippen molar-refractivity contribution in [2.75, 3.05) is 19.8 Å². The molecule has 1 aliphatic rings. The van der Waals surface area contributed by atoms with Crippen LogP contribution >= 0.6 is 11.6 Å². The van der Waals surface area contributed by atoms with Crippen molar-refractivity contribution in [3.8, 4) is 11.4 Å². The monoisotopic (exact) mass is 563 g/mol. The largest absolute Gasteiger partial charge is 0.378 e. The molecule has 192 valence electrons. The molecule has 0 aliphatic carbocycles. The zero-order valence-corrected chi connectivity index (χ0v) is 21.6. The van der Waals surface area contributed by atoms with Gasteiger partial charge in [-0.1, -0.05) is 29.3 Å². The Morgan fingerprint density at radius 2 is 1.97 bits per heavy atom. The van der Waals surface area contributed by atoms with Crippen LogP contribution in [0.25, 0.3) is 22.4 Å². The number of hydrogen-bond acceptors (Lipinski definition) is 8. The zero-order chi connectivity index (χ0) is 26.3. The number of hydrogen-bond donors (Lipinski definition) is 1. The molecular weight excluding hydrogens is 545 g/mol. The summed E-state index contributed by atoms with van der Waals surface area (Å²) in [7, 11) is -6.31. The van der Waals surface area contributed by atoms with E-state index in [0.29, 0.717) is 0 Å². The molecule has 1 saturated heterocycles. The summed E-state index contributed by atoms with van der Waals surface area (Å²) in [4.78, 5) is 24.7. The average molecular weight is 564 g/mol. The van der Waals surface area contributed by atoms with Crippen LogP contribution in [0.4, 0.5) is 4.39 Å². The number of aryl methyl sites for hydroxylation is 1. The first kappa shape index (κ1) is 25.4. The average Bonchev–Trinajstić information content (AvgIpc) is 3.12. The third-order valence-electron chi connectivity index (χ3n) is 5.67. The number of pyridine rings is 1. The van der Waals surface area contributed by atoms with E-state index < -0.39 is 42.8 Å². The van der Waals surface area contributed by atoms with Gasteiger partial charge in [-0.2, -0.15) is 0 Å². The first-order valence-electron chi connectivity index (χ1n) is 10.9. The predicted molar refractivity (Wildman–Crippen MR) is 134 cm³/mol. The lowest BCUT2D eigenvalue weighted by Crippen LogP contribution is -2.38. The van der Waals surface area contributed by atoms with Crippen molar-refractivity contribution in [3.63, 3.8) is 0 Å². The summed E-state index contributed by atoms with van der Waals surface area (Å²) in [6, 6.07) is 7.77. The van der Waals surface area contributed by atoms with Crippen molar-refractivity contribution in [2.45, 2.75) is 22.1 Å². The lowest BCUT2D eigenvalue weighted by atomic mass is 10.2. The number of rotatable bonds is 5. The van der Waals surface area contributed by atoms with Gasteiger partial charge in [-0.25, -0.2) is 31.7 Å². The molecule has 4 aromatic rings. The number of ether oxygens (including phenoxy) is 1. The zero-order valence-electron chi connectivity index (χ0n) is 19.2. The highest BCUT2D eigenvalue weighted by atomic mass is 35.5. The molecule has 1 N–H and O–H groups in total. The van der Waals surface area contributed by atoms with Crippen molar-refractivity contribution in [3.05, 3.63) is 65.3 Å². The Kier molecular flexibility index (Phi) is 6.79. The van der Waals surface area contributed by atoms with E-state index in [9.17, 15) is 21.8 Å². The van der Waals surface area contributed by atoms with E-state index in [0.717, 1.165) is 15.7 Å². The van der Waals surface area contributed by atoms with Gasteiger partial charge in [0, 0.05) is 29.9 Å². The molecule has 14 heteroatoms. The third kappa shape index (κ3) is 4.75. The highest BCUT2D eigenvalue weighted by Gasteiger charge is 2.32. The number of aromatic nitrogens is 4. The van der Waals surface area contributed by atoms with Gasteiger partial charge in [0.05, 0.1) is 40.1 Å². The first-order chi connectivity index (χ1) is 17.7. The van der Waals surface area contributed by atoms with Crippen molar-refractivity contribution in [2.24, 2.45) is 0 Å². The number of amides is 1. The molecule has 10 nitrogen and oxygen atoms in total. The van der Waals surface area contributed by atoms with Gasteiger partial charge in [0.2, 0.25) is 5.91 Å². The number of fused-ring (bicyclic) bond motifs is 1. The normalized spacial score (nSPS) is 17.4. The number of nitrogens with one attached hydrogen (secondary N) is 1. The molecule has 2 atom stereocenters. The van der Waals surface area contributed by atoms with Gasteiger partial charge in [0.15, 0.2) is 22.3 Å². The molecule has 2 unspecified atom stereocenters. The fourth-order valence-corrected chi connectivity index (χ4v) is 6.45. The fourth-order valence-electron chi connectivity index (χ4n) is 3.78. The molecule has 1 aliphatic heterocycles. The Morgan fingerprint density at radius 1 is 1.22 bits per heavy atom. The van der Waals surface area contributed by atoms with Crippen LogP contribution in [0.15, 0.2) is 58.8 Å². The van der Waals surface area contributed by atoms with Gasteiger partial charge in [0.1, 0.15) is 5.25 Å². The summed E-state index contributed by atoms with van der Waals surface area (Å²) in [5.74, 6) is -1.65. The molecule has 37 heavy (non-hydrogen) atoms. The number of nitrogens with zero attached hydrogens (tertiary/aromatic N) is 4. The van der Waals surface area contributed by atoms with Crippen LogP contribution in [0.5, 0.6) is 0 Å². The second kappa shape index (κ2) is 9.89. The van der Waals surface area contributed by atoms with Crippen LogP contribution in [0.3, 0.4) is 0 Å². The minimum atomic E-state index is -4.09. The molecule has 0 saturated carbocycles. The summed E-state index contributed by atoms with van der Waals surface area (Å²) in [6.07, 6.45) is 3.37. The van der Waals surface area contributed by atoms with E-state index >= 15 is 0 Å². The molecule has 0 bridgehead atoms. The van der Waals surface area contributed by atoms with Crippen molar-refractivity contribution < 1.29 is 26.5 Å². The van der Waals surface area contributed by atoms with Crippen LogP contribution in [-0.2, 0) is 30.4 Å². The highest BCUT2D eigenvalue weighted by molar-refractivity contribution is 7.90. The smallest absolute Gasteiger partial charge is 0.269 e. The summed E-state index contributed by atoms with van der Waals surface area (Å²) in [5.41, 5.74) is 1.10. The van der Waals surface area contributed by atoms with E-state index in [1.165, 1.54) is 30.6 Å². The van der Waals surface area contributed by atoms with Gasteiger partial charge >= 0.3 is 0 Å². The Hall–Kier alpha value is -3.26. The van der Waals surface area contributed by atoms with Gasteiger partial charge in [0.25, 0.3) is 10.0 Å². The highest BCUT2D eigenvalue weighted by Crippen LogP contribution is 2.32. The molecule has 5 rings (SSSR count). The summed E-state index contributed by atoms with van der Waals surface area (Å²) in [5, 5.41) is 1.38. The van der Waals surface area contributed by atoms with Crippen molar-refractivity contribution in [1.82, 2.24) is 24.2 Å². The first-order valence-corrected chi connectivity index (χ1v) is 14.0. The Morgan fingerprint density at radius 3 is 2.73 bits per heavy atom. The molecule has 4 heterocycles. The molecule has 0 radical (unpaired) electrons. The standard InChI is InChI=1S/C23H19ClFN5O5S2/c1-13-2-4-15(5-3-13)37(33,34)30-11-17(16-8-14(24)9-28-21(16)30)20-27-10-18(25)23(29-20)36(32)19-12-35-7-6-26-22(19)31/h2-5,8-11,19H,6-7,12H2,1H3,(H,26,31). The second-order valence-corrected chi connectivity index (χ2v) is 12.0. The SMILES string of the molecule is Cc1ccc(S(=O)(=O)n2cc(-c3ncc(F)c(S(=O)C4COCCNC4=O)n3)c3cc(Cl)cnc32)cc1. The van der Waals surface area contributed by atoms with Crippen LogP contribution in [-0.4, -0.2) is 62.5 Å². The topological polar surface area (TPSA) is 133 Å². The van der Waals surface area contributed by atoms with Gasteiger partial charge in [-0.05, 0) is 25.1 Å². The summed E-state index contributed by atoms with van der Waals surface area (Å²) in [6.45, 7) is 2.14. The molecule has 0 spiro atoms. The van der Waals surface area contributed by atoms with E-state index in [4.69, 9.17) is 16.3 Å². The van der Waals surface area contributed by atoms with E-state index in [-0.39, 0.29) is 52.1 Å². The van der Waals surface area contributed by atoms with Gasteiger partial charge < -0.3 is 10.1 Å². The summed E-state index contributed by atoms with van der Waals surface area (Å²) < 4.78 is 61.1. The minimum absolute atomic E-state index is 0.0273. The van der Waals surface area contributed by atoms with Gasteiger partial charge in [-0.15, -0.1) is 0 Å². The lowest BCUT2D eigenvalue weighted by molar-refractivity contribution is -0.120. The van der Waals surface area contributed by atoms with Crippen LogP contribution in [0, 0.1) is 12.7 Å². The number of carbonyl (C=O) groups is 1. The molecule has 1 fully saturated rings. The minimum Gasteiger partial charge on any atom is -0.378 e. The van der Waals surface area contributed by atoms with E-state index in [1.807, 2.05) is 6.92 Å². The van der Waals surface area contributed by atoms with Crippen LogP contribution in [0.2, 0.25) is 5.02 Å². The Bertz CT molecular complexity index is 1660. The number of benzene rings is 1. The predicted octanol–water partition coefficient (Wildman–Crippen LogP) is 2.45. The van der Waals surface area contributed by atoms with E-state index in [1.54, 1.807) is 12.1 Å². The fraction of sp³-hybridized carbons (Fsp3) is 0.217. The third-order valence-corrected chi connectivity index (χ3v) is 9.07. The Balaban J connectivity index is 1.65. The molecule has 1 aromatic carbocycles. The van der Waals surface area contributed by atoms with Crippen LogP contribution in [0.1, 0.15) is 5.56 Å². The Labute approximate surface area is 218 Å². The maximum atomic E-state index is 14.7. The number of carbonyl (C=O) groups excluding carboxylic acids is 1. The summed E-state index contributed by atoms with van der Waals surface area (Å²) >= 11 is 6.15. The molecule has 3 aromatic heterocycles. The maximum absolute atomic E-state index is 14.7. The quantitative estimate of drug-likeness (QED) is 0.366. The molecular formula is C23H19ClFN5O5S2.